The molecular formula is C14H19ClN4. The second-order valence-electron chi connectivity index (χ2n) is 4.81. The van der Waals surface area contributed by atoms with Crippen LogP contribution < -0.4 is 10.2 Å². The fourth-order valence-corrected chi connectivity index (χ4v) is 2.51. The van der Waals surface area contributed by atoms with Gasteiger partial charge in [0, 0.05) is 16.6 Å². The molecule has 1 aromatic carbocycles. The minimum atomic E-state index is 0.220. The lowest BCUT2D eigenvalue weighted by Crippen LogP contribution is -2.42. The smallest absolute Gasteiger partial charge is 0.109 e. The van der Waals surface area contributed by atoms with E-state index >= 15 is 0 Å². The molecule has 0 saturated carbocycles. The second kappa shape index (κ2) is 6.17. The van der Waals surface area contributed by atoms with Gasteiger partial charge in [0.25, 0.3) is 0 Å². The topological polar surface area (TPSA) is 63.0 Å². The summed E-state index contributed by atoms with van der Waals surface area (Å²) in [5.41, 5.74) is 0.834. The first kappa shape index (κ1) is 14.0. The van der Waals surface area contributed by atoms with E-state index in [0.717, 1.165) is 31.6 Å². The van der Waals surface area contributed by atoms with Crippen molar-refractivity contribution in [3.05, 3.63) is 29.3 Å². The molecule has 0 amide bonds. The van der Waals surface area contributed by atoms with Crippen LogP contribution in [0.25, 0.3) is 0 Å². The average molecular weight is 279 g/mol. The highest BCUT2D eigenvalue weighted by Gasteiger charge is 2.24. The molecule has 4 nitrogen and oxygen atoms in total. The van der Waals surface area contributed by atoms with Crippen molar-refractivity contribution >= 4 is 29.0 Å². The highest BCUT2D eigenvalue weighted by Crippen LogP contribution is 2.23. The number of rotatable bonds is 2. The number of hydrogen-bond acceptors (Lipinski definition) is 3. The van der Waals surface area contributed by atoms with Gasteiger partial charge >= 0.3 is 0 Å². The number of nitrogens with one attached hydrogen (secondary N) is 3. The van der Waals surface area contributed by atoms with Crippen molar-refractivity contribution in [3.8, 4) is 0 Å². The number of amidine groups is 2. The number of benzene rings is 1. The summed E-state index contributed by atoms with van der Waals surface area (Å²) in [6.07, 6.45) is 1.91. The van der Waals surface area contributed by atoms with E-state index in [1.165, 1.54) is 0 Å². The van der Waals surface area contributed by atoms with Crippen molar-refractivity contribution in [2.45, 2.75) is 19.8 Å². The number of nitrogens with zero attached hydrogens (tertiary/aromatic N) is 1. The van der Waals surface area contributed by atoms with Crippen LogP contribution in [-0.4, -0.2) is 24.8 Å². The molecule has 19 heavy (non-hydrogen) atoms. The van der Waals surface area contributed by atoms with Gasteiger partial charge in [0.15, 0.2) is 0 Å². The Hall–Kier alpha value is -1.39. The van der Waals surface area contributed by atoms with Crippen LogP contribution in [-0.2, 0) is 0 Å². The number of anilines is 1. The van der Waals surface area contributed by atoms with E-state index in [4.69, 9.17) is 22.4 Å². The molecule has 102 valence electrons. The summed E-state index contributed by atoms with van der Waals surface area (Å²) in [6, 6.07) is 7.30. The van der Waals surface area contributed by atoms with Gasteiger partial charge in [-0.3, -0.25) is 15.7 Å². The summed E-state index contributed by atoms with van der Waals surface area (Å²) in [7, 11) is 0. The monoisotopic (exact) mass is 278 g/mol. The second-order valence-corrected chi connectivity index (χ2v) is 5.24. The molecule has 0 aromatic heterocycles. The van der Waals surface area contributed by atoms with Crippen LogP contribution in [0.4, 0.5) is 5.69 Å². The van der Waals surface area contributed by atoms with E-state index in [-0.39, 0.29) is 5.92 Å². The first-order chi connectivity index (χ1) is 9.09. The van der Waals surface area contributed by atoms with Gasteiger partial charge in [-0.05, 0) is 57.1 Å². The molecule has 0 spiro atoms. The largest absolute Gasteiger partial charge is 0.317 e. The summed E-state index contributed by atoms with van der Waals surface area (Å²) >= 11 is 5.89. The zero-order chi connectivity index (χ0) is 13.8. The third kappa shape index (κ3) is 3.33. The van der Waals surface area contributed by atoms with Crippen LogP contribution in [0.1, 0.15) is 19.8 Å². The third-order valence-corrected chi connectivity index (χ3v) is 3.64. The summed E-state index contributed by atoms with van der Waals surface area (Å²) in [4.78, 5) is 1.70. The summed E-state index contributed by atoms with van der Waals surface area (Å²) in [5, 5.41) is 20.3. The van der Waals surface area contributed by atoms with Gasteiger partial charge in [-0.2, -0.15) is 0 Å². The van der Waals surface area contributed by atoms with Crippen molar-refractivity contribution in [3.63, 3.8) is 0 Å². The Balaban J connectivity index is 2.22. The minimum absolute atomic E-state index is 0.220. The molecule has 0 aliphatic carbocycles. The molecule has 2 rings (SSSR count). The zero-order valence-electron chi connectivity index (χ0n) is 11.0. The van der Waals surface area contributed by atoms with Crippen molar-refractivity contribution in [2.75, 3.05) is 18.0 Å². The molecule has 1 aliphatic heterocycles. The maximum Gasteiger partial charge on any atom is 0.109 e. The Morgan fingerprint density at radius 2 is 1.79 bits per heavy atom. The molecule has 1 aromatic rings. The highest BCUT2D eigenvalue weighted by molar-refractivity contribution is 6.30. The summed E-state index contributed by atoms with van der Waals surface area (Å²) < 4.78 is 0. The zero-order valence-corrected chi connectivity index (χ0v) is 11.8. The average Bonchev–Trinajstić information content (AvgIpc) is 2.42. The van der Waals surface area contributed by atoms with Gasteiger partial charge in [-0.1, -0.05) is 11.6 Å². The van der Waals surface area contributed by atoms with Crippen LogP contribution >= 0.6 is 11.6 Å². The Bertz CT molecular complexity index is 463. The van der Waals surface area contributed by atoms with Gasteiger partial charge in [-0.25, -0.2) is 0 Å². The lowest BCUT2D eigenvalue weighted by molar-refractivity contribution is 0.453. The number of halogens is 1. The SMILES string of the molecule is CC(=N)N(C(=N)C1CCNCC1)c1ccc(Cl)cc1. The maximum atomic E-state index is 8.39. The van der Waals surface area contributed by atoms with Crippen molar-refractivity contribution in [2.24, 2.45) is 5.92 Å². The predicted molar refractivity (Wildman–Crippen MR) is 80.7 cm³/mol. The molecule has 1 aliphatic rings. The van der Waals surface area contributed by atoms with Crippen LogP contribution in [0.5, 0.6) is 0 Å². The fraction of sp³-hybridized carbons (Fsp3) is 0.429. The molecule has 0 unspecified atom stereocenters. The molecule has 1 saturated heterocycles. The molecular weight excluding hydrogens is 260 g/mol. The maximum absolute atomic E-state index is 8.39. The molecule has 0 bridgehead atoms. The first-order valence-electron chi connectivity index (χ1n) is 6.49. The van der Waals surface area contributed by atoms with Crippen molar-refractivity contribution in [1.29, 1.82) is 10.8 Å². The molecule has 0 radical (unpaired) electrons. The Kier molecular flexibility index (Phi) is 4.56. The summed E-state index contributed by atoms with van der Waals surface area (Å²) in [6.45, 7) is 3.60. The van der Waals surface area contributed by atoms with Crippen LogP contribution in [0, 0.1) is 16.7 Å². The molecule has 3 N–H and O–H groups in total. The molecule has 0 atom stereocenters. The van der Waals surface area contributed by atoms with Crippen LogP contribution in [0.2, 0.25) is 5.02 Å². The predicted octanol–water partition coefficient (Wildman–Crippen LogP) is 3.12. The Morgan fingerprint density at radius 3 is 2.32 bits per heavy atom. The van der Waals surface area contributed by atoms with E-state index in [9.17, 15) is 0 Å². The van der Waals surface area contributed by atoms with E-state index < -0.39 is 0 Å². The van der Waals surface area contributed by atoms with Gasteiger partial charge in [0.1, 0.15) is 11.7 Å². The lowest BCUT2D eigenvalue weighted by Gasteiger charge is -2.31. The molecule has 1 fully saturated rings. The lowest BCUT2D eigenvalue weighted by atomic mass is 9.95. The number of piperidine rings is 1. The molecule has 5 heteroatoms. The molecule has 1 heterocycles. The Labute approximate surface area is 118 Å². The normalized spacial score (nSPS) is 16.1. The quantitative estimate of drug-likeness (QED) is 0.575. The third-order valence-electron chi connectivity index (χ3n) is 3.39. The Morgan fingerprint density at radius 1 is 1.21 bits per heavy atom. The summed E-state index contributed by atoms with van der Waals surface area (Å²) in [5.74, 6) is 1.10. The standard InChI is InChI=1S/C14H19ClN4/c1-10(16)19(13-4-2-12(15)3-5-13)14(17)11-6-8-18-9-7-11/h2-5,11,16-18H,6-9H2,1H3. The van der Waals surface area contributed by atoms with E-state index in [0.29, 0.717) is 16.7 Å². The van der Waals surface area contributed by atoms with Crippen molar-refractivity contribution < 1.29 is 0 Å². The van der Waals surface area contributed by atoms with Gasteiger partial charge in [0.2, 0.25) is 0 Å². The van der Waals surface area contributed by atoms with E-state index in [2.05, 4.69) is 5.32 Å². The highest BCUT2D eigenvalue weighted by atomic mass is 35.5. The number of hydrogen-bond donors (Lipinski definition) is 3. The van der Waals surface area contributed by atoms with Gasteiger partial charge in [-0.15, -0.1) is 0 Å². The fourth-order valence-electron chi connectivity index (χ4n) is 2.38. The minimum Gasteiger partial charge on any atom is -0.317 e. The van der Waals surface area contributed by atoms with Crippen LogP contribution in [0.3, 0.4) is 0 Å². The van der Waals surface area contributed by atoms with E-state index in [1.54, 1.807) is 24.0 Å². The van der Waals surface area contributed by atoms with E-state index in [1.807, 2.05) is 12.1 Å². The van der Waals surface area contributed by atoms with Gasteiger partial charge < -0.3 is 5.32 Å². The van der Waals surface area contributed by atoms with Gasteiger partial charge in [0.05, 0.1) is 0 Å². The van der Waals surface area contributed by atoms with Crippen LogP contribution in [0.15, 0.2) is 24.3 Å². The van der Waals surface area contributed by atoms with Crippen molar-refractivity contribution in [1.82, 2.24) is 5.32 Å². The first-order valence-corrected chi connectivity index (χ1v) is 6.87.